The molecule has 0 unspecified atom stereocenters. The van der Waals surface area contributed by atoms with Crippen molar-refractivity contribution in [1.82, 2.24) is 0 Å². The maximum Gasteiger partial charge on any atom is 2.00 e. The zero-order chi connectivity index (χ0) is 7.15. The molecule has 0 saturated carbocycles. The van der Waals surface area contributed by atoms with Gasteiger partial charge in [0.05, 0.1) is 0 Å². The average molecular weight is 296 g/mol. The molecule has 0 aromatic carbocycles. The average Bonchev–Trinajstić information content (AvgIpc) is 1.25. The summed E-state index contributed by atoms with van der Waals surface area (Å²) < 4.78 is 0. The number of carboxylic acid groups (broad SMARTS) is 4. The zero-order valence-electron chi connectivity index (χ0n) is 4.46. The molecule has 10 heavy (non-hydrogen) atoms. The van der Waals surface area contributed by atoms with Gasteiger partial charge >= 0.3 is 44.4 Å². The quantitative estimate of drug-likeness (QED) is 0.412. The van der Waals surface area contributed by atoms with Gasteiger partial charge in [0, 0.05) is 0 Å². The van der Waals surface area contributed by atoms with Crippen LogP contribution in [0.5, 0.6) is 0 Å². The van der Waals surface area contributed by atoms with Gasteiger partial charge in [0.1, 0.15) is 0 Å². The summed E-state index contributed by atoms with van der Waals surface area (Å²) in [6.45, 7) is 0. The minimum atomic E-state index is -2.33. The van der Waals surface area contributed by atoms with Gasteiger partial charge in [-0.3, -0.25) is 0 Å². The van der Waals surface area contributed by atoms with E-state index in [1.807, 2.05) is 0 Å². The smallest absolute Gasteiger partial charge is 0.652 e. The first kappa shape index (κ1) is 22.5. The Kier molecular flexibility index (Phi) is 36.0. The molecule has 0 atom stereocenters. The molecule has 0 aliphatic carbocycles. The Balaban J connectivity index is -0.0000000300. The van der Waals surface area contributed by atoms with Crippen LogP contribution in [0.3, 0.4) is 0 Å². The van der Waals surface area contributed by atoms with E-state index in [2.05, 4.69) is 0 Å². The molecule has 1 radical (unpaired) electrons. The molecule has 0 bridgehead atoms. The molecule has 0 fully saturated rings. The molecule has 0 amide bonds. The summed E-state index contributed by atoms with van der Waals surface area (Å²) >= 11 is 0. The predicted octanol–water partition coefficient (Wildman–Crippen LogP) is -4.90. The van der Waals surface area contributed by atoms with Crippen molar-refractivity contribution in [1.29, 1.82) is 0 Å². The van der Waals surface area contributed by atoms with Gasteiger partial charge in [-0.05, 0) is 12.3 Å². The molecule has 0 saturated heterocycles. The number of carbonyl (C=O) groups is 2. The molecule has 8 heteroatoms. The minimum Gasteiger partial charge on any atom is -0.652 e. The van der Waals surface area contributed by atoms with Gasteiger partial charge in [-0.1, -0.05) is 0 Å². The molecule has 0 heterocycles. The fourth-order valence-corrected chi connectivity index (χ4v) is 0. The summed E-state index contributed by atoms with van der Waals surface area (Å²) in [5, 5.41) is 33.3. The van der Waals surface area contributed by atoms with E-state index in [4.69, 9.17) is 30.0 Å². The van der Waals surface area contributed by atoms with Crippen LogP contribution in [0, 0.1) is 0 Å². The van der Waals surface area contributed by atoms with Gasteiger partial charge in [-0.2, -0.15) is 0 Å². The van der Waals surface area contributed by atoms with Crippen molar-refractivity contribution in [3.63, 3.8) is 0 Å². The summed E-state index contributed by atoms with van der Waals surface area (Å²) in [5.41, 5.74) is 0. The second-order valence-electron chi connectivity index (χ2n) is 0.500. The third-order valence-corrected chi connectivity index (χ3v) is 0. The molecular formula is C2CdCuO6. The first-order valence-corrected chi connectivity index (χ1v) is 1.22. The Morgan fingerprint density at radius 3 is 0.800 bits per heavy atom. The van der Waals surface area contributed by atoms with Gasteiger partial charge in [-0.15, -0.1) is 0 Å². The van der Waals surface area contributed by atoms with Crippen LogP contribution in [-0.2, 0) is 44.4 Å². The summed E-state index contributed by atoms with van der Waals surface area (Å²) in [5.74, 6) is 0. The Morgan fingerprint density at radius 2 is 0.800 bits per heavy atom. The van der Waals surface area contributed by atoms with E-state index >= 15 is 0 Å². The first-order chi connectivity index (χ1) is 3.46. The van der Waals surface area contributed by atoms with E-state index in [0.29, 0.717) is 0 Å². The Hall–Kier alpha value is -0.0184. The van der Waals surface area contributed by atoms with E-state index < -0.39 is 12.3 Å². The number of carbonyl (C=O) groups excluding carboxylic acids is 2. The summed E-state index contributed by atoms with van der Waals surface area (Å²) in [6.07, 6.45) is -4.67. The van der Waals surface area contributed by atoms with Gasteiger partial charge in [0.2, 0.25) is 0 Å². The van der Waals surface area contributed by atoms with Crippen LogP contribution in [0.25, 0.3) is 0 Å². The second kappa shape index (κ2) is 16.0. The van der Waals surface area contributed by atoms with E-state index in [1.54, 1.807) is 0 Å². The third kappa shape index (κ3) is 1140000. The van der Waals surface area contributed by atoms with Gasteiger partial charge in [0.25, 0.3) is 0 Å². The van der Waals surface area contributed by atoms with Crippen LogP contribution in [-0.4, -0.2) is 12.3 Å². The van der Waals surface area contributed by atoms with E-state index in [1.165, 1.54) is 0 Å². The van der Waals surface area contributed by atoms with Gasteiger partial charge in [-0.25, -0.2) is 0 Å². The fraction of sp³-hybridized carbons (Fsp3) is 0. The standard InChI is InChI=1S/2CH2O3.Cd.Cu/c2*2-1(3)4;;/h2*(H2,2,3,4);;/q;;2*+2/p-4. The van der Waals surface area contributed by atoms with Gasteiger partial charge in [0.15, 0.2) is 0 Å². The maximum absolute atomic E-state index is 8.33. The molecule has 0 aliphatic rings. The summed E-state index contributed by atoms with van der Waals surface area (Å²) in [6, 6.07) is 0. The van der Waals surface area contributed by atoms with Crippen molar-refractivity contribution < 1.29 is 74.4 Å². The Labute approximate surface area is 86.5 Å². The van der Waals surface area contributed by atoms with Crippen molar-refractivity contribution in [2.75, 3.05) is 0 Å². The Bertz CT molecular complexity index is 73.7. The van der Waals surface area contributed by atoms with E-state index in [-0.39, 0.29) is 44.4 Å². The van der Waals surface area contributed by atoms with Crippen molar-refractivity contribution >= 4 is 12.3 Å². The van der Waals surface area contributed by atoms with Crippen molar-refractivity contribution in [2.24, 2.45) is 0 Å². The van der Waals surface area contributed by atoms with E-state index in [0.717, 1.165) is 0 Å². The first-order valence-electron chi connectivity index (χ1n) is 1.22. The van der Waals surface area contributed by atoms with Crippen LogP contribution >= 0.6 is 0 Å². The molecule has 0 N–H and O–H groups in total. The summed E-state index contributed by atoms with van der Waals surface area (Å²) in [4.78, 5) is 16.7. The molecule has 0 aliphatic heterocycles. The number of hydrogen-bond acceptors (Lipinski definition) is 6. The predicted molar refractivity (Wildman–Crippen MR) is 10.8 cm³/mol. The number of rotatable bonds is 0. The molecule has 0 spiro atoms. The monoisotopic (exact) mass is 297 g/mol. The molecule has 0 aromatic heterocycles. The molecule has 0 aromatic rings. The van der Waals surface area contributed by atoms with E-state index in [9.17, 15) is 0 Å². The third-order valence-electron chi connectivity index (χ3n) is 0. The van der Waals surface area contributed by atoms with Gasteiger partial charge < -0.3 is 30.0 Å². The topological polar surface area (TPSA) is 126 Å². The second-order valence-corrected chi connectivity index (χ2v) is 0.500. The van der Waals surface area contributed by atoms with Crippen LogP contribution in [0.4, 0.5) is 9.59 Å². The van der Waals surface area contributed by atoms with Crippen LogP contribution in [0.2, 0.25) is 0 Å². The molecule has 57 valence electrons. The maximum atomic E-state index is 8.33. The number of hydrogen-bond donors (Lipinski definition) is 0. The van der Waals surface area contributed by atoms with Crippen molar-refractivity contribution in [3.8, 4) is 0 Å². The van der Waals surface area contributed by atoms with Crippen LogP contribution in [0.15, 0.2) is 0 Å². The fourth-order valence-electron chi connectivity index (χ4n) is 0. The zero-order valence-corrected chi connectivity index (χ0v) is 9.44. The SMILES string of the molecule is O=C([O-])[O-].O=C([O-])[O-].[Cd+2].[Cu+2]. The molecule has 6 nitrogen and oxygen atoms in total. The minimum absolute atomic E-state index is 0. The van der Waals surface area contributed by atoms with Crippen molar-refractivity contribution in [2.45, 2.75) is 0 Å². The Morgan fingerprint density at radius 1 is 0.800 bits per heavy atom. The largest absolute Gasteiger partial charge is 2.00 e. The molecular weight excluding hydrogens is 296 g/mol. The van der Waals surface area contributed by atoms with Crippen LogP contribution < -0.4 is 20.4 Å². The van der Waals surface area contributed by atoms with Crippen molar-refractivity contribution in [3.05, 3.63) is 0 Å². The molecule has 0 rings (SSSR count). The van der Waals surface area contributed by atoms with Crippen LogP contribution in [0.1, 0.15) is 0 Å². The summed E-state index contributed by atoms with van der Waals surface area (Å²) in [7, 11) is 0. The normalized spacial score (nSPS) is 4.80.